The van der Waals surface area contributed by atoms with Crippen molar-refractivity contribution in [3.63, 3.8) is 0 Å². The van der Waals surface area contributed by atoms with Crippen LogP contribution in [0.5, 0.6) is 0 Å². The molecule has 2 atom stereocenters. The summed E-state index contributed by atoms with van der Waals surface area (Å²) >= 11 is 0. The summed E-state index contributed by atoms with van der Waals surface area (Å²) in [5.41, 5.74) is 2.13. The fourth-order valence-electron chi connectivity index (χ4n) is 6.47. The second-order valence-electron chi connectivity index (χ2n) is 10.6. The van der Waals surface area contributed by atoms with Crippen LogP contribution in [0.1, 0.15) is 82.0 Å². The van der Waals surface area contributed by atoms with E-state index in [1.807, 2.05) is 76.2 Å². The maximum absolute atomic E-state index is 13.5. The average molecular weight is 503 g/mol. The van der Waals surface area contributed by atoms with Crippen LogP contribution >= 0.6 is 0 Å². The highest BCUT2D eigenvalue weighted by atomic mass is 16.2. The van der Waals surface area contributed by atoms with Crippen molar-refractivity contribution >= 4 is 66.7 Å². The molecule has 188 valence electrons. The standard InChI is InChI=1S/C32H26N2O4/c1-5-15(3)33-29(35)21-11-7-17-19-9-13-23-28-24(32(38)34(31(23)37)16(4)6-2)14-10-20(26(19)28)18-8-12-22(30(33)36)27(21)25(17)18/h7-16H,5-6H2,1-4H3/t15-,16+. The number of benzene rings is 5. The molecule has 5 aromatic rings. The highest BCUT2D eigenvalue weighted by molar-refractivity contribution is 6.41. The Bertz CT molecular complexity index is 1660. The Morgan fingerprint density at radius 2 is 0.737 bits per heavy atom. The largest absolute Gasteiger partial charge is 0.272 e. The monoisotopic (exact) mass is 502 g/mol. The van der Waals surface area contributed by atoms with Crippen LogP contribution < -0.4 is 0 Å². The van der Waals surface area contributed by atoms with Crippen LogP contribution in [0.4, 0.5) is 0 Å². The Balaban J connectivity index is 1.60. The summed E-state index contributed by atoms with van der Waals surface area (Å²) in [5, 5.41) is 6.72. The van der Waals surface area contributed by atoms with Gasteiger partial charge in [0.05, 0.1) is 0 Å². The fraction of sp³-hybridized carbons (Fsp3) is 0.250. The van der Waals surface area contributed by atoms with Crippen LogP contribution in [0.3, 0.4) is 0 Å². The molecular formula is C32H26N2O4. The van der Waals surface area contributed by atoms with E-state index in [-0.39, 0.29) is 35.7 Å². The third kappa shape index (κ3) is 2.57. The Kier molecular flexibility index (Phi) is 4.57. The van der Waals surface area contributed by atoms with Gasteiger partial charge in [0, 0.05) is 45.1 Å². The second-order valence-corrected chi connectivity index (χ2v) is 10.6. The van der Waals surface area contributed by atoms with E-state index in [1.165, 1.54) is 9.80 Å². The molecule has 2 aliphatic heterocycles. The van der Waals surface area contributed by atoms with Crippen molar-refractivity contribution in [1.29, 1.82) is 0 Å². The molecule has 38 heavy (non-hydrogen) atoms. The zero-order valence-corrected chi connectivity index (χ0v) is 21.7. The van der Waals surface area contributed by atoms with E-state index >= 15 is 0 Å². The molecule has 0 fully saturated rings. The highest BCUT2D eigenvalue weighted by Gasteiger charge is 2.38. The van der Waals surface area contributed by atoms with Gasteiger partial charge in [-0.3, -0.25) is 29.0 Å². The van der Waals surface area contributed by atoms with Gasteiger partial charge in [-0.1, -0.05) is 38.1 Å². The predicted octanol–water partition coefficient (Wildman–Crippen LogP) is 6.53. The quantitative estimate of drug-likeness (QED) is 0.159. The van der Waals surface area contributed by atoms with Crippen LogP contribution in [0.25, 0.3) is 43.1 Å². The summed E-state index contributed by atoms with van der Waals surface area (Å²) < 4.78 is 0. The zero-order valence-electron chi connectivity index (χ0n) is 21.7. The van der Waals surface area contributed by atoms with Gasteiger partial charge in [0.1, 0.15) is 0 Å². The minimum Gasteiger partial charge on any atom is -0.272 e. The van der Waals surface area contributed by atoms with Crippen molar-refractivity contribution in [2.45, 2.75) is 52.6 Å². The summed E-state index contributed by atoms with van der Waals surface area (Å²) in [6, 6.07) is 14.6. The SMILES string of the molecule is CC[C@@H](C)N1C(=O)c2ccc3c4ccc5c6c(ccc(c7ccc(c2c37)C1=O)c64)C(=O)N([C@@H](C)CC)C5=O. The number of nitrogens with zero attached hydrogens (tertiary/aromatic N) is 2. The molecule has 0 bridgehead atoms. The van der Waals surface area contributed by atoms with Gasteiger partial charge in [0.15, 0.2) is 0 Å². The first-order valence-electron chi connectivity index (χ1n) is 13.3. The third-order valence-electron chi connectivity index (χ3n) is 8.76. The van der Waals surface area contributed by atoms with Crippen LogP contribution in [-0.4, -0.2) is 45.5 Å². The molecule has 2 heterocycles. The molecule has 2 aliphatic rings. The van der Waals surface area contributed by atoms with Crippen LogP contribution in [0.2, 0.25) is 0 Å². The van der Waals surface area contributed by atoms with Gasteiger partial charge < -0.3 is 0 Å². The summed E-state index contributed by atoms with van der Waals surface area (Å²) in [6.45, 7) is 7.72. The van der Waals surface area contributed by atoms with Gasteiger partial charge in [-0.15, -0.1) is 0 Å². The maximum atomic E-state index is 13.5. The van der Waals surface area contributed by atoms with E-state index in [1.54, 1.807) is 0 Å². The average Bonchev–Trinajstić information content (AvgIpc) is 2.93. The van der Waals surface area contributed by atoms with E-state index in [4.69, 9.17) is 0 Å². The molecule has 6 heteroatoms. The lowest BCUT2D eigenvalue weighted by molar-refractivity contribution is 0.0532. The lowest BCUT2D eigenvalue weighted by Crippen LogP contribution is -2.45. The van der Waals surface area contributed by atoms with E-state index < -0.39 is 0 Å². The molecule has 0 N–H and O–H groups in total. The Hall–Kier alpha value is -4.32. The summed E-state index contributed by atoms with van der Waals surface area (Å²) in [5.74, 6) is -1.06. The predicted molar refractivity (Wildman–Crippen MR) is 148 cm³/mol. The molecule has 0 spiro atoms. The van der Waals surface area contributed by atoms with Gasteiger partial charge in [-0.25, -0.2) is 0 Å². The molecule has 0 unspecified atom stereocenters. The number of hydrogen-bond acceptors (Lipinski definition) is 4. The lowest BCUT2D eigenvalue weighted by Gasteiger charge is -2.33. The van der Waals surface area contributed by atoms with Crippen molar-refractivity contribution in [3.05, 3.63) is 70.8 Å². The number of carbonyl (C=O) groups is 4. The minimum atomic E-state index is -0.266. The molecule has 0 aliphatic carbocycles. The summed E-state index contributed by atoms with van der Waals surface area (Å²) in [7, 11) is 0. The molecule has 0 radical (unpaired) electrons. The number of hydrogen-bond donors (Lipinski definition) is 0. The molecule has 0 saturated heterocycles. The van der Waals surface area contributed by atoms with Gasteiger partial charge in [-0.2, -0.15) is 0 Å². The Labute approximate surface area is 219 Å². The van der Waals surface area contributed by atoms with Gasteiger partial charge >= 0.3 is 0 Å². The number of fused-ring (bicyclic) bond motifs is 2. The summed E-state index contributed by atoms with van der Waals surface area (Å²) in [4.78, 5) is 56.8. The Morgan fingerprint density at radius 3 is 0.974 bits per heavy atom. The molecular weight excluding hydrogens is 476 g/mol. The van der Waals surface area contributed by atoms with E-state index in [9.17, 15) is 19.2 Å². The molecule has 5 aromatic carbocycles. The van der Waals surface area contributed by atoms with Gasteiger partial charge in [0.25, 0.3) is 23.6 Å². The molecule has 6 nitrogen and oxygen atoms in total. The molecule has 0 saturated carbocycles. The first-order valence-corrected chi connectivity index (χ1v) is 13.3. The van der Waals surface area contributed by atoms with E-state index in [2.05, 4.69) is 0 Å². The third-order valence-corrected chi connectivity index (χ3v) is 8.76. The molecule has 7 rings (SSSR count). The first kappa shape index (κ1) is 22.8. The number of rotatable bonds is 4. The van der Waals surface area contributed by atoms with Gasteiger partial charge in [0.2, 0.25) is 0 Å². The van der Waals surface area contributed by atoms with Crippen molar-refractivity contribution < 1.29 is 19.2 Å². The maximum Gasteiger partial charge on any atom is 0.261 e. The van der Waals surface area contributed by atoms with Crippen molar-refractivity contribution in [2.24, 2.45) is 0 Å². The zero-order chi connectivity index (χ0) is 26.6. The Morgan fingerprint density at radius 1 is 0.474 bits per heavy atom. The van der Waals surface area contributed by atoms with Crippen LogP contribution in [0.15, 0.2) is 48.5 Å². The van der Waals surface area contributed by atoms with E-state index in [0.717, 1.165) is 32.3 Å². The minimum absolute atomic E-state index is 0.201. The first-order chi connectivity index (χ1) is 18.3. The lowest BCUT2D eigenvalue weighted by atomic mass is 9.82. The van der Waals surface area contributed by atoms with Crippen molar-refractivity contribution in [1.82, 2.24) is 9.80 Å². The molecule has 4 amide bonds. The summed E-state index contributed by atoms with van der Waals surface area (Å²) in [6.07, 6.45) is 1.36. The highest BCUT2D eigenvalue weighted by Crippen LogP contribution is 2.46. The second kappa shape index (κ2) is 7.60. The number of imide groups is 2. The normalized spacial score (nSPS) is 17.1. The van der Waals surface area contributed by atoms with Crippen molar-refractivity contribution in [2.75, 3.05) is 0 Å². The van der Waals surface area contributed by atoms with E-state index in [0.29, 0.717) is 45.9 Å². The van der Waals surface area contributed by atoms with Crippen LogP contribution in [-0.2, 0) is 0 Å². The van der Waals surface area contributed by atoms with Crippen LogP contribution in [0, 0.1) is 0 Å². The van der Waals surface area contributed by atoms with Crippen molar-refractivity contribution in [3.8, 4) is 0 Å². The number of amides is 4. The number of carbonyl (C=O) groups excluding carboxylic acids is 4. The molecule has 0 aromatic heterocycles. The smallest absolute Gasteiger partial charge is 0.261 e. The fourth-order valence-corrected chi connectivity index (χ4v) is 6.47. The topological polar surface area (TPSA) is 74.8 Å². The van der Waals surface area contributed by atoms with Gasteiger partial charge in [-0.05, 0) is 83.3 Å².